The van der Waals surface area contributed by atoms with E-state index in [0.29, 0.717) is 36.1 Å². The fourth-order valence-electron chi connectivity index (χ4n) is 8.41. The van der Waals surface area contributed by atoms with Gasteiger partial charge in [0.15, 0.2) is 5.82 Å². The van der Waals surface area contributed by atoms with Crippen LogP contribution in [-0.2, 0) is 0 Å². The molecule has 1 N–H and O–H groups in total. The van der Waals surface area contributed by atoms with Crippen molar-refractivity contribution in [1.82, 2.24) is 19.9 Å². The number of anilines is 1. The van der Waals surface area contributed by atoms with Crippen LogP contribution in [0.3, 0.4) is 0 Å². The van der Waals surface area contributed by atoms with E-state index in [1.165, 1.54) is 24.3 Å². The second-order valence-corrected chi connectivity index (χ2v) is 13.2. The first-order valence-corrected chi connectivity index (χ1v) is 15.6. The summed E-state index contributed by atoms with van der Waals surface area (Å²) >= 11 is 0. The molecule has 8 nitrogen and oxygen atoms in total. The Kier molecular flexibility index (Phi) is 5.63. The molecule has 4 aromatic rings. The number of aromatic nitrogens is 3. The molecular formula is C34H30F3N5O3. The Morgan fingerprint density at radius 2 is 1.96 bits per heavy atom. The molecule has 9 rings (SSSR count). The van der Waals surface area contributed by atoms with E-state index in [1.54, 1.807) is 0 Å². The zero-order chi connectivity index (χ0) is 30.7. The number of benzene rings is 2. The summed E-state index contributed by atoms with van der Waals surface area (Å²) in [6.45, 7) is 2.10. The van der Waals surface area contributed by atoms with E-state index in [-0.39, 0.29) is 58.0 Å². The lowest BCUT2D eigenvalue weighted by molar-refractivity contribution is 0.107. The van der Waals surface area contributed by atoms with Crippen LogP contribution in [0, 0.1) is 24.0 Å². The van der Waals surface area contributed by atoms with Crippen LogP contribution in [-0.4, -0.2) is 74.6 Å². The maximum Gasteiger partial charge on any atom is 0.319 e. The Labute approximate surface area is 257 Å². The van der Waals surface area contributed by atoms with Crippen molar-refractivity contribution in [3.8, 4) is 41.2 Å². The summed E-state index contributed by atoms with van der Waals surface area (Å²) in [4.78, 5) is 18.5. The number of phenolic OH excluding ortho intramolecular Hbond substituents is 1. The zero-order valence-electron chi connectivity index (χ0n) is 24.5. The van der Waals surface area contributed by atoms with Crippen LogP contribution in [0.5, 0.6) is 17.6 Å². The molecule has 2 aromatic carbocycles. The third kappa shape index (κ3) is 3.87. The molecule has 5 aliphatic rings. The lowest BCUT2D eigenvalue weighted by Crippen LogP contribution is -2.44. The standard InChI is InChI=1S/C34H30F3N5O3/c1-2-21-23(36)7-6-18-13-20(43)14-22(25(18)21)28-27(37)29-26-30(42-12-3-5-24(42)34(9-10-34)45-31(26)38-28)40-32(39-29)44-17-33-8-4-11-41(33)16-19(35)15-33/h1,6-7,13-14,19,24,43H,3-5,8-12,15-17H2/t19-,24+,33+/m1/s1. The number of halogens is 3. The number of fused-ring (bicyclic) bond motifs is 5. The van der Waals surface area contributed by atoms with Gasteiger partial charge in [0.1, 0.15) is 52.4 Å². The molecule has 4 fully saturated rings. The average Bonchev–Trinajstić information content (AvgIpc) is 3.32. The van der Waals surface area contributed by atoms with Gasteiger partial charge >= 0.3 is 6.01 Å². The molecule has 230 valence electrons. The van der Waals surface area contributed by atoms with Crippen LogP contribution >= 0.6 is 0 Å². The Balaban J connectivity index is 1.26. The summed E-state index contributed by atoms with van der Waals surface area (Å²) < 4.78 is 59.3. The number of rotatable bonds is 4. The molecule has 45 heavy (non-hydrogen) atoms. The first-order valence-electron chi connectivity index (χ1n) is 15.6. The summed E-state index contributed by atoms with van der Waals surface area (Å²) in [6, 6.07) is 5.50. The van der Waals surface area contributed by atoms with E-state index >= 15 is 4.39 Å². The highest BCUT2D eigenvalue weighted by Gasteiger charge is 2.58. The van der Waals surface area contributed by atoms with E-state index in [4.69, 9.17) is 25.9 Å². The second-order valence-electron chi connectivity index (χ2n) is 13.2. The van der Waals surface area contributed by atoms with Crippen molar-refractivity contribution in [3.63, 3.8) is 0 Å². The molecule has 1 spiro atoms. The third-order valence-electron chi connectivity index (χ3n) is 10.6. The fraction of sp³-hybridized carbons (Fsp3) is 0.441. The van der Waals surface area contributed by atoms with Gasteiger partial charge in [-0.15, -0.1) is 6.42 Å². The van der Waals surface area contributed by atoms with Crippen LogP contribution in [0.2, 0.25) is 0 Å². The van der Waals surface area contributed by atoms with Crippen molar-refractivity contribution in [2.24, 2.45) is 0 Å². The van der Waals surface area contributed by atoms with Crippen molar-refractivity contribution < 1.29 is 27.8 Å². The Hall–Kier alpha value is -4.30. The molecule has 0 unspecified atom stereocenters. The molecule has 0 bridgehead atoms. The molecule has 0 amide bonds. The summed E-state index contributed by atoms with van der Waals surface area (Å²) in [6.07, 6.45) is 10.4. The SMILES string of the molecule is C#Cc1c(F)ccc2cc(O)cc(-c3nc4c5c(nc(OC[C@@]67CCCN6C[C@H](F)C7)nc5c3F)N3CCC[C@H]3C3(CC3)O4)c12. The van der Waals surface area contributed by atoms with Crippen molar-refractivity contribution in [2.75, 3.05) is 31.1 Å². The van der Waals surface area contributed by atoms with Crippen LogP contribution in [0.25, 0.3) is 32.9 Å². The highest BCUT2D eigenvalue weighted by atomic mass is 19.1. The zero-order valence-corrected chi connectivity index (χ0v) is 24.5. The number of pyridine rings is 1. The minimum atomic E-state index is -0.920. The van der Waals surface area contributed by atoms with Gasteiger partial charge in [0.2, 0.25) is 5.88 Å². The van der Waals surface area contributed by atoms with Gasteiger partial charge in [-0.25, -0.2) is 18.2 Å². The van der Waals surface area contributed by atoms with Crippen LogP contribution in [0.4, 0.5) is 19.0 Å². The van der Waals surface area contributed by atoms with E-state index < -0.39 is 28.9 Å². The van der Waals surface area contributed by atoms with Crippen molar-refractivity contribution in [2.45, 2.75) is 68.3 Å². The highest BCUT2D eigenvalue weighted by molar-refractivity contribution is 6.04. The lowest BCUT2D eigenvalue weighted by atomic mass is 9.95. The maximum absolute atomic E-state index is 17.0. The number of nitrogens with zero attached hydrogens (tertiary/aromatic N) is 5. The van der Waals surface area contributed by atoms with E-state index in [1.807, 2.05) is 0 Å². The number of hydrogen-bond acceptors (Lipinski definition) is 8. The fourth-order valence-corrected chi connectivity index (χ4v) is 8.41. The number of phenols is 1. The summed E-state index contributed by atoms with van der Waals surface area (Å²) in [5, 5.41) is 11.7. The van der Waals surface area contributed by atoms with Crippen LogP contribution in [0.15, 0.2) is 24.3 Å². The Bertz CT molecular complexity index is 1980. The van der Waals surface area contributed by atoms with Crippen LogP contribution in [0.1, 0.15) is 50.5 Å². The first kappa shape index (κ1) is 27.0. The number of alkyl halides is 1. The smallest absolute Gasteiger partial charge is 0.319 e. The molecular weight excluding hydrogens is 583 g/mol. The minimum absolute atomic E-state index is 0.00319. The molecule has 3 saturated heterocycles. The summed E-state index contributed by atoms with van der Waals surface area (Å²) in [7, 11) is 0. The van der Waals surface area contributed by atoms with E-state index in [2.05, 4.69) is 20.7 Å². The average molecular weight is 614 g/mol. The first-order chi connectivity index (χ1) is 21.8. The van der Waals surface area contributed by atoms with Crippen molar-refractivity contribution in [3.05, 3.63) is 41.5 Å². The molecule has 1 saturated carbocycles. The van der Waals surface area contributed by atoms with Crippen molar-refractivity contribution in [1.29, 1.82) is 0 Å². The lowest BCUT2D eigenvalue weighted by Gasteiger charge is -2.31. The maximum atomic E-state index is 17.0. The molecule has 0 radical (unpaired) electrons. The largest absolute Gasteiger partial charge is 0.508 e. The van der Waals surface area contributed by atoms with Crippen LogP contribution < -0.4 is 14.4 Å². The quantitative estimate of drug-likeness (QED) is 0.296. The van der Waals surface area contributed by atoms with E-state index in [9.17, 15) is 13.9 Å². The molecule has 4 aliphatic heterocycles. The third-order valence-corrected chi connectivity index (χ3v) is 10.6. The van der Waals surface area contributed by atoms with Gasteiger partial charge in [-0.2, -0.15) is 9.97 Å². The predicted molar refractivity (Wildman–Crippen MR) is 161 cm³/mol. The monoisotopic (exact) mass is 613 g/mol. The van der Waals surface area contributed by atoms with Gasteiger partial charge in [0.25, 0.3) is 0 Å². The van der Waals surface area contributed by atoms with Gasteiger partial charge in [-0.05, 0) is 68.7 Å². The van der Waals surface area contributed by atoms with Gasteiger partial charge in [0.05, 0.1) is 17.1 Å². The predicted octanol–water partition coefficient (Wildman–Crippen LogP) is 5.66. The number of terminal acetylenes is 1. The van der Waals surface area contributed by atoms with Gasteiger partial charge in [-0.3, -0.25) is 4.90 Å². The number of hydrogen-bond donors (Lipinski definition) is 1. The number of ether oxygens (including phenoxy) is 2. The number of aromatic hydroxyl groups is 1. The molecule has 2 aromatic heterocycles. The van der Waals surface area contributed by atoms with Gasteiger partial charge < -0.3 is 19.5 Å². The second kappa shape index (κ2) is 9.36. The molecule has 1 aliphatic carbocycles. The molecule has 11 heteroatoms. The summed E-state index contributed by atoms with van der Waals surface area (Å²) in [5.74, 6) is 1.47. The Morgan fingerprint density at radius 3 is 2.78 bits per heavy atom. The topological polar surface area (TPSA) is 83.8 Å². The van der Waals surface area contributed by atoms with E-state index in [0.717, 1.165) is 45.1 Å². The molecule has 6 heterocycles. The summed E-state index contributed by atoms with van der Waals surface area (Å²) in [5.41, 5.74) is -1.10. The Morgan fingerprint density at radius 1 is 1.09 bits per heavy atom. The minimum Gasteiger partial charge on any atom is -0.508 e. The van der Waals surface area contributed by atoms with Gasteiger partial charge in [0, 0.05) is 30.5 Å². The highest BCUT2D eigenvalue weighted by Crippen LogP contribution is 2.54. The van der Waals surface area contributed by atoms with Gasteiger partial charge in [-0.1, -0.05) is 12.0 Å². The normalized spacial score (nSPS) is 26.1. The van der Waals surface area contributed by atoms with Crippen molar-refractivity contribution >= 4 is 27.5 Å². The molecule has 3 atom stereocenters.